The van der Waals surface area contributed by atoms with E-state index in [0.29, 0.717) is 24.7 Å². The van der Waals surface area contributed by atoms with Crippen molar-refractivity contribution in [2.75, 3.05) is 19.8 Å². The Morgan fingerprint density at radius 3 is 1.95 bits per heavy atom. The van der Waals surface area contributed by atoms with E-state index < -0.39 is 17.8 Å². The summed E-state index contributed by atoms with van der Waals surface area (Å²) in [6.45, 7) is 8.18. The molecule has 120 valence electrons. The van der Waals surface area contributed by atoms with Gasteiger partial charge in [0.05, 0.1) is 4.90 Å². The number of hydrogen-bond acceptors (Lipinski definition) is 6. The molecule has 1 aromatic carbocycles. The fraction of sp³-hybridized carbons (Fsp3) is 0.538. The molecule has 0 spiro atoms. The predicted molar refractivity (Wildman–Crippen MR) is 86.7 cm³/mol. The fourth-order valence-corrected chi connectivity index (χ4v) is 7.08. The molecule has 1 atom stereocenters. The van der Waals surface area contributed by atoms with E-state index in [1.807, 2.05) is 19.1 Å². The zero-order chi connectivity index (χ0) is 15.9. The summed E-state index contributed by atoms with van der Waals surface area (Å²) in [5.74, 6) is 0. The molecule has 1 unspecified atom stereocenters. The van der Waals surface area contributed by atoms with Gasteiger partial charge in [0.1, 0.15) is 0 Å². The van der Waals surface area contributed by atoms with E-state index in [-0.39, 0.29) is 0 Å². The van der Waals surface area contributed by atoms with Crippen LogP contribution in [0, 0.1) is 6.92 Å². The zero-order valence-electron chi connectivity index (χ0n) is 12.8. The molecule has 0 aliphatic carbocycles. The standard InChI is InChI=1S/C13H22O5S2Si/c1-5-15-21(16-6-2,17-7-3)18-20(14,19)13-11-9-8-10-12(13)4/h8-11H,5-7H2,1-4H3. The predicted octanol–water partition coefficient (Wildman–Crippen LogP) is 2.58. The second kappa shape index (κ2) is 8.32. The molecule has 0 radical (unpaired) electrons. The van der Waals surface area contributed by atoms with Crippen LogP contribution in [0.5, 0.6) is 0 Å². The fourth-order valence-electron chi connectivity index (χ4n) is 1.74. The van der Waals surface area contributed by atoms with Crippen molar-refractivity contribution in [1.82, 2.24) is 0 Å². The van der Waals surface area contributed by atoms with Crippen LogP contribution in [0.25, 0.3) is 0 Å². The molecule has 1 aromatic rings. The summed E-state index contributed by atoms with van der Waals surface area (Å²) >= 11 is 5.19. The van der Waals surface area contributed by atoms with Crippen molar-refractivity contribution in [3.05, 3.63) is 29.8 Å². The van der Waals surface area contributed by atoms with Crippen LogP contribution < -0.4 is 0 Å². The first-order chi connectivity index (χ1) is 9.90. The highest BCUT2D eigenvalue weighted by molar-refractivity contribution is 8.30. The van der Waals surface area contributed by atoms with E-state index >= 15 is 0 Å². The Kier molecular flexibility index (Phi) is 7.41. The summed E-state index contributed by atoms with van der Waals surface area (Å²) in [4.78, 5) is 0.455. The molecular weight excluding hydrogens is 328 g/mol. The van der Waals surface area contributed by atoms with Crippen LogP contribution in [0.1, 0.15) is 26.3 Å². The van der Waals surface area contributed by atoms with Crippen LogP contribution >= 0.6 is 0 Å². The van der Waals surface area contributed by atoms with Crippen molar-refractivity contribution >= 4 is 29.0 Å². The second-order valence-corrected chi connectivity index (χ2v) is 9.30. The first-order valence-electron chi connectivity index (χ1n) is 6.84. The molecular formula is C13H22O5S2Si. The molecule has 0 fully saturated rings. The highest BCUT2D eigenvalue weighted by Crippen LogP contribution is 2.23. The van der Waals surface area contributed by atoms with E-state index in [9.17, 15) is 4.21 Å². The molecule has 21 heavy (non-hydrogen) atoms. The van der Waals surface area contributed by atoms with Crippen molar-refractivity contribution in [2.24, 2.45) is 0 Å². The molecule has 0 saturated heterocycles. The molecule has 0 aliphatic rings. The van der Waals surface area contributed by atoms with E-state index in [1.165, 1.54) is 0 Å². The van der Waals surface area contributed by atoms with Crippen LogP contribution in [0.4, 0.5) is 0 Å². The number of hydrogen-bond donors (Lipinski definition) is 0. The molecule has 0 bridgehead atoms. The van der Waals surface area contributed by atoms with Gasteiger partial charge >= 0.3 is 9.05 Å². The molecule has 0 heterocycles. The van der Waals surface area contributed by atoms with Crippen molar-refractivity contribution in [2.45, 2.75) is 32.6 Å². The van der Waals surface area contributed by atoms with Crippen LogP contribution in [0.2, 0.25) is 0 Å². The second-order valence-electron chi connectivity index (χ2n) is 4.10. The van der Waals surface area contributed by atoms with Crippen LogP contribution in [-0.4, -0.2) is 33.1 Å². The Morgan fingerprint density at radius 1 is 1.05 bits per heavy atom. The Balaban J connectivity index is 3.14. The van der Waals surface area contributed by atoms with Gasteiger partial charge in [0, 0.05) is 31.0 Å². The summed E-state index contributed by atoms with van der Waals surface area (Å²) < 4.78 is 35.1. The quantitative estimate of drug-likeness (QED) is 0.638. The maximum absolute atomic E-state index is 12.8. The molecule has 0 amide bonds. The van der Waals surface area contributed by atoms with Gasteiger partial charge < -0.3 is 13.3 Å². The Morgan fingerprint density at radius 2 is 1.52 bits per heavy atom. The smallest absolute Gasteiger partial charge is 0.351 e. The molecule has 0 aliphatic heterocycles. The van der Waals surface area contributed by atoms with Crippen molar-refractivity contribution in [1.29, 1.82) is 0 Å². The SMILES string of the molecule is CCO[Si](OCC)(OCC)OS(=O)(=S)c1ccccc1C. The number of benzene rings is 1. The number of aryl methyl sites for hydroxylation is 1. The zero-order valence-corrected chi connectivity index (χ0v) is 15.4. The highest BCUT2D eigenvalue weighted by Gasteiger charge is 2.49. The van der Waals surface area contributed by atoms with E-state index in [2.05, 4.69) is 0 Å². The van der Waals surface area contributed by atoms with Crippen LogP contribution in [0.15, 0.2) is 29.2 Å². The minimum Gasteiger partial charge on any atom is -0.351 e. The summed E-state index contributed by atoms with van der Waals surface area (Å²) in [5.41, 5.74) is 0.796. The minimum absolute atomic E-state index is 0.324. The van der Waals surface area contributed by atoms with E-state index in [0.717, 1.165) is 5.56 Å². The van der Waals surface area contributed by atoms with Gasteiger partial charge in [-0.2, -0.15) is 0 Å². The van der Waals surface area contributed by atoms with Gasteiger partial charge in [0.15, 0.2) is 8.77 Å². The lowest BCUT2D eigenvalue weighted by atomic mass is 10.2. The Labute approximate surface area is 132 Å². The average Bonchev–Trinajstić information content (AvgIpc) is 2.39. The van der Waals surface area contributed by atoms with E-state index in [1.54, 1.807) is 32.9 Å². The van der Waals surface area contributed by atoms with Gasteiger partial charge in [-0.05, 0) is 39.3 Å². The third-order valence-corrected chi connectivity index (χ3v) is 8.31. The topological polar surface area (TPSA) is 54.0 Å². The third-order valence-electron chi connectivity index (χ3n) is 2.54. The molecule has 5 nitrogen and oxygen atoms in total. The lowest BCUT2D eigenvalue weighted by molar-refractivity contribution is 0.0137. The molecule has 1 rings (SSSR count). The monoisotopic (exact) mass is 350 g/mol. The summed E-state index contributed by atoms with van der Waals surface area (Å²) in [6, 6.07) is 7.13. The summed E-state index contributed by atoms with van der Waals surface area (Å²) in [5, 5.41) is 0. The summed E-state index contributed by atoms with van der Waals surface area (Å²) in [6.07, 6.45) is 0. The third kappa shape index (κ3) is 5.10. The van der Waals surface area contributed by atoms with Crippen LogP contribution in [0.3, 0.4) is 0 Å². The Bertz CT molecular complexity index is 530. The molecule has 0 saturated carbocycles. The van der Waals surface area contributed by atoms with E-state index in [4.69, 9.17) is 28.3 Å². The normalized spacial score (nSPS) is 14.9. The largest absolute Gasteiger partial charge is 0.693 e. The van der Waals surface area contributed by atoms with Gasteiger partial charge in [0.2, 0.25) is 0 Å². The number of rotatable bonds is 9. The summed E-state index contributed by atoms with van der Waals surface area (Å²) in [7, 11) is -6.71. The lowest BCUT2D eigenvalue weighted by Gasteiger charge is -2.27. The van der Waals surface area contributed by atoms with Gasteiger partial charge in [0.25, 0.3) is 0 Å². The van der Waals surface area contributed by atoms with Crippen LogP contribution in [-0.2, 0) is 37.1 Å². The highest BCUT2D eigenvalue weighted by atomic mass is 32.8. The maximum atomic E-state index is 12.8. The van der Waals surface area contributed by atoms with Gasteiger partial charge in [-0.25, -0.2) is 4.21 Å². The molecule has 8 heteroatoms. The Hall–Kier alpha value is -0.353. The van der Waals surface area contributed by atoms with Crippen molar-refractivity contribution in [3.63, 3.8) is 0 Å². The molecule has 0 aromatic heterocycles. The first-order valence-corrected chi connectivity index (χ1v) is 10.9. The maximum Gasteiger partial charge on any atom is 0.693 e. The van der Waals surface area contributed by atoms with Gasteiger partial charge in [-0.3, -0.25) is 3.87 Å². The molecule has 0 N–H and O–H groups in total. The van der Waals surface area contributed by atoms with Gasteiger partial charge in [-0.15, -0.1) is 0 Å². The minimum atomic E-state index is -3.52. The van der Waals surface area contributed by atoms with Crippen molar-refractivity contribution < 1.29 is 21.4 Å². The first kappa shape index (κ1) is 18.7. The lowest BCUT2D eigenvalue weighted by Crippen LogP contribution is -2.50. The van der Waals surface area contributed by atoms with Gasteiger partial charge in [-0.1, -0.05) is 18.2 Å². The van der Waals surface area contributed by atoms with Crippen molar-refractivity contribution in [3.8, 4) is 0 Å². The average molecular weight is 351 g/mol.